The molecular weight excluding hydrogens is 160 g/mol. The first-order valence-corrected chi connectivity index (χ1v) is 4.44. The Hall–Kier alpha value is -1.55. The maximum atomic E-state index is 11.6. The second-order valence-corrected chi connectivity index (χ2v) is 3.26. The lowest BCUT2D eigenvalue weighted by Crippen LogP contribution is -2.12. The van der Waals surface area contributed by atoms with Gasteiger partial charge in [0.05, 0.1) is 0 Å². The van der Waals surface area contributed by atoms with E-state index >= 15 is 0 Å². The van der Waals surface area contributed by atoms with Gasteiger partial charge in [-0.25, -0.2) is 0 Å². The molecule has 1 nitrogen and oxygen atoms in total. The van der Waals surface area contributed by atoms with E-state index in [9.17, 15) is 4.79 Å². The van der Waals surface area contributed by atoms with E-state index in [-0.39, 0.29) is 5.78 Å². The van der Waals surface area contributed by atoms with E-state index < -0.39 is 0 Å². The average Bonchev–Trinajstić information content (AvgIpc) is 2.17. The van der Waals surface area contributed by atoms with Gasteiger partial charge in [-0.05, 0) is 24.5 Å². The van der Waals surface area contributed by atoms with Crippen LogP contribution >= 0.6 is 0 Å². The molecule has 1 aromatic carbocycles. The first kappa shape index (κ1) is 8.07. The summed E-state index contributed by atoms with van der Waals surface area (Å²) in [5.74, 6) is 2.77. The van der Waals surface area contributed by atoms with E-state index in [2.05, 4.69) is 5.92 Å². The van der Waals surface area contributed by atoms with Gasteiger partial charge in [-0.3, -0.25) is 4.79 Å². The summed E-state index contributed by atoms with van der Waals surface area (Å²) in [5, 5.41) is 0. The van der Waals surface area contributed by atoms with E-state index in [0.717, 1.165) is 29.5 Å². The number of ketones is 1. The van der Waals surface area contributed by atoms with Crippen molar-refractivity contribution in [3.63, 3.8) is 0 Å². The molecule has 0 atom stereocenters. The van der Waals surface area contributed by atoms with Gasteiger partial charge in [-0.15, -0.1) is 6.42 Å². The van der Waals surface area contributed by atoms with Crippen LogP contribution in [-0.4, -0.2) is 5.78 Å². The van der Waals surface area contributed by atoms with Gasteiger partial charge in [0.1, 0.15) is 0 Å². The van der Waals surface area contributed by atoms with Crippen LogP contribution in [0.5, 0.6) is 0 Å². The number of hydrogen-bond donors (Lipinski definition) is 0. The molecule has 1 aromatic rings. The van der Waals surface area contributed by atoms with Gasteiger partial charge in [0, 0.05) is 17.5 Å². The summed E-state index contributed by atoms with van der Waals surface area (Å²) in [7, 11) is 0. The third-order valence-corrected chi connectivity index (χ3v) is 2.44. The van der Waals surface area contributed by atoms with Crippen molar-refractivity contribution >= 4 is 5.78 Å². The van der Waals surface area contributed by atoms with Crippen molar-refractivity contribution in [3.05, 3.63) is 34.9 Å². The maximum Gasteiger partial charge on any atom is 0.164 e. The standard InChI is InChI=1S/C12H10O/c1-2-9-5-3-6-10-7-4-8-11(13)12(9)10/h1,3,5-6H,4,7-8H2. The Morgan fingerprint density at radius 2 is 2.15 bits per heavy atom. The number of fused-ring (bicyclic) bond motifs is 1. The molecule has 0 fully saturated rings. The predicted molar refractivity (Wildman–Crippen MR) is 51.6 cm³/mol. The maximum absolute atomic E-state index is 11.6. The van der Waals surface area contributed by atoms with Crippen molar-refractivity contribution in [2.45, 2.75) is 19.3 Å². The van der Waals surface area contributed by atoms with Crippen LogP contribution in [-0.2, 0) is 6.42 Å². The SMILES string of the molecule is C#Cc1cccc2c1C(=O)CCC2. The fourth-order valence-electron chi connectivity index (χ4n) is 1.82. The van der Waals surface area contributed by atoms with Crippen LogP contribution in [0.15, 0.2) is 18.2 Å². The second kappa shape index (κ2) is 3.06. The molecule has 0 heterocycles. The van der Waals surface area contributed by atoms with Crippen LogP contribution in [0.4, 0.5) is 0 Å². The van der Waals surface area contributed by atoms with Crippen LogP contribution in [0, 0.1) is 12.3 Å². The third-order valence-electron chi connectivity index (χ3n) is 2.44. The number of carbonyl (C=O) groups excluding carboxylic acids is 1. The average molecular weight is 170 g/mol. The summed E-state index contributed by atoms with van der Waals surface area (Å²) >= 11 is 0. The minimum absolute atomic E-state index is 0.204. The van der Waals surface area contributed by atoms with Crippen LogP contribution < -0.4 is 0 Å². The Morgan fingerprint density at radius 3 is 2.92 bits per heavy atom. The lowest BCUT2D eigenvalue weighted by molar-refractivity contribution is 0.0972. The van der Waals surface area contributed by atoms with E-state index in [1.807, 2.05) is 18.2 Å². The summed E-state index contributed by atoms with van der Waals surface area (Å²) in [4.78, 5) is 11.6. The molecule has 13 heavy (non-hydrogen) atoms. The van der Waals surface area contributed by atoms with Gasteiger partial charge < -0.3 is 0 Å². The molecule has 0 unspecified atom stereocenters. The molecule has 0 spiro atoms. The molecule has 0 aromatic heterocycles. The molecule has 2 rings (SSSR count). The topological polar surface area (TPSA) is 17.1 Å². The van der Waals surface area contributed by atoms with Gasteiger partial charge in [0.25, 0.3) is 0 Å². The molecule has 0 saturated carbocycles. The van der Waals surface area contributed by atoms with Crippen LogP contribution in [0.3, 0.4) is 0 Å². The Morgan fingerprint density at radius 1 is 1.31 bits per heavy atom. The smallest absolute Gasteiger partial charge is 0.164 e. The monoisotopic (exact) mass is 170 g/mol. The fourth-order valence-corrected chi connectivity index (χ4v) is 1.82. The van der Waals surface area contributed by atoms with Crippen LogP contribution in [0.25, 0.3) is 0 Å². The summed E-state index contributed by atoms with van der Waals surface area (Å²) < 4.78 is 0. The molecule has 0 amide bonds. The highest BCUT2D eigenvalue weighted by Crippen LogP contribution is 2.23. The predicted octanol–water partition coefficient (Wildman–Crippen LogP) is 2.19. The van der Waals surface area contributed by atoms with Crippen molar-refractivity contribution in [2.75, 3.05) is 0 Å². The largest absolute Gasteiger partial charge is 0.294 e. The Kier molecular flexibility index (Phi) is 1.90. The summed E-state index contributed by atoms with van der Waals surface area (Å²) in [6.45, 7) is 0. The minimum atomic E-state index is 0.204. The van der Waals surface area contributed by atoms with E-state index in [1.54, 1.807) is 0 Å². The van der Waals surface area contributed by atoms with Crippen molar-refractivity contribution in [1.29, 1.82) is 0 Å². The second-order valence-electron chi connectivity index (χ2n) is 3.26. The van der Waals surface area contributed by atoms with Crippen molar-refractivity contribution in [1.82, 2.24) is 0 Å². The number of carbonyl (C=O) groups is 1. The molecule has 1 aliphatic rings. The minimum Gasteiger partial charge on any atom is -0.294 e. The number of rotatable bonds is 0. The molecule has 1 aliphatic carbocycles. The van der Waals surface area contributed by atoms with Crippen LogP contribution in [0.2, 0.25) is 0 Å². The number of aryl methyl sites for hydroxylation is 1. The molecule has 64 valence electrons. The Balaban J connectivity index is 2.65. The highest BCUT2D eigenvalue weighted by atomic mass is 16.1. The van der Waals surface area contributed by atoms with E-state index in [4.69, 9.17) is 6.42 Å². The van der Waals surface area contributed by atoms with Crippen LogP contribution in [0.1, 0.15) is 34.3 Å². The zero-order valence-electron chi connectivity index (χ0n) is 7.34. The normalized spacial score (nSPS) is 14.8. The van der Waals surface area contributed by atoms with Crippen molar-refractivity contribution in [3.8, 4) is 12.3 Å². The van der Waals surface area contributed by atoms with Gasteiger partial charge in [-0.1, -0.05) is 18.1 Å². The first-order chi connectivity index (χ1) is 6.33. The highest BCUT2D eigenvalue weighted by Gasteiger charge is 2.19. The molecule has 0 saturated heterocycles. The summed E-state index contributed by atoms with van der Waals surface area (Å²) in [6, 6.07) is 5.75. The van der Waals surface area contributed by atoms with Gasteiger partial charge >= 0.3 is 0 Å². The van der Waals surface area contributed by atoms with E-state index in [0.29, 0.717) is 6.42 Å². The molecule has 0 N–H and O–H groups in total. The Bertz CT molecular complexity index is 396. The lowest BCUT2D eigenvalue weighted by atomic mass is 9.87. The molecule has 0 radical (unpaired) electrons. The van der Waals surface area contributed by atoms with Gasteiger partial charge in [0.2, 0.25) is 0 Å². The van der Waals surface area contributed by atoms with E-state index in [1.165, 1.54) is 0 Å². The number of hydrogen-bond acceptors (Lipinski definition) is 1. The number of terminal acetylenes is 1. The first-order valence-electron chi connectivity index (χ1n) is 4.44. The molecule has 0 aliphatic heterocycles. The van der Waals surface area contributed by atoms with Gasteiger partial charge in [0.15, 0.2) is 5.78 Å². The quantitative estimate of drug-likeness (QED) is 0.545. The number of Topliss-reactive ketones (excluding diaryl/α,β-unsaturated/α-hetero) is 1. The van der Waals surface area contributed by atoms with Gasteiger partial charge in [-0.2, -0.15) is 0 Å². The molecule has 0 bridgehead atoms. The zero-order chi connectivity index (χ0) is 9.26. The summed E-state index contributed by atoms with van der Waals surface area (Å²) in [5.41, 5.74) is 2.66. The number of benzene rings is 1. The third kappa shape index (κ3) is 1.25. The highest BCUT2D eigenvalue weighted by molar-refractivity contribution is 6.00. The fraction of sp³-hybridized carbons (Fsp3) is 0.250. The molecule has 1 heteroatoms. The van der Waals surface area contributed by atoms with Crippen molar-refractivity contribution < 1.29 is 4.79 Å². The zero-order valence-corrected chi connectivity index (χ0v) is 7.34. The Labute approximate surface area is 77.8 Å². The lowest BCUT2D eigenvalue weighted by Gasteiger charge is -2.15. The molecular formula is C12H10O. The van der Waals surface area contributed by atoms with Crippen molar-refractivity contribution in [2.24, 2.45) is 0 Å². The summed E-state index contributed by atoms with van der Waals surface area (Å²) in [6.07, 6.45) is 7.92.